The van der Waals surface area contributed by atoms with Gasteiger partial charge in [0.1, 0.15) is 0 Å². The van der Waals surface area contributed by atoms with Gasteiger partial charge in [0.05, 0.1) is 17.7 Å². The van der Waals surface area contributed by atoms with Gasteiger partial charge in [-0.25, -0.2) is 0 Å². The Morgan fingerprint density at radius 1 is 1.21 bits per heavy atom. The second kappa shape index (κ2) is 11.0. The van der Waals surface area contributed by atoms with E-state index in [2.05, 4.69) is 43.8 Å². The van der Waals surface area contributed by atoms with E-state index in [1.54, 1.807) is 0 Å². The number of hydrogen-bond acceptors (Lipinski definition) is 4. The summed E-state index contributed by atoms with van der Waals surface area (Å²) in [5.41, 5.74) is 0.598. The van der Waals surface area contributed by atoms with Crippen molar-refractivity contribution in [3.05, 3.63) is 30.1 Å². The van der Waals surface area contributed by atoms with Crippen LogP contribution >= 0.6 is 0 Å². The van der Waals surface area contributed by atoms with Crippen molar-refractivity contribution >= 4 is 11.9 Å². The van der Waals surface area contributed by atoms with Crippen LogP contribution in [0.2, 0.25) is 0 Å². The van der Waals surface area contributed by atoms with Gasteiger partial charge in [-0.15, -0.1) is 0 Å². The molecular formula is C21H36N6O. The van der Waals surface area contributed by atoms with Gasteiger partial charge in [0.15, 0.2) is 5.96 Å². The van der Waals surface area contributed by atoms with E-state index in [0.717, 1.165) is 50.7 Å². The van der Waals surface area contributed by atoms with Gasteiger partial charge in [-0.05, 0) is 52.7 Å². The average Bonchev–Trinajstić information content (AvgIpc) is 2.69. The van der Waals surface area contributed by atoms with Crippen LogP contribution in [0.15, 0.2) is 29.4 Å². The molecule has 0 radical (unpaired) electrons. The highest BCUT2D eigenvalue weighted by atomic mass is 16.2. The average molecular weight is 389 g/mol. The number of piperidine rings is 1. The maximum absolute atomic E-state index is 12.2. The third kappa shape index (κ3) is 7.11. The summed E-state index contributed by atoms with van der Waals surface area (Å²) >= 11 is 0. The quantitative estimate of drug-likeness (QED) is 0.467. The maximum Gasteiger partial charge on any atom is 0.227 e. The molecule has 0 unspecified atom stereocenters. The number of rotatable bonds is 8. The van der Waals surface area contributed by atoms with Crippen LogP contribution in [0.3, 0.4) is 0 Å². The highest BCUT2D eigenvalue weighted by Crippen LogP contribution is 2.16. The van der Waals surface area contributed by atoms with E-state index in [1.165, 1.54) is 0 Å². The minimum Gasteiger partial charge on any atom is -0.357 e. The third-order valence-corrected chi connectivity index (χ3v) is 4.97. The van der Waals surface area contributed by atoms with E-state index in [0.29, 0.717) is 19.1 Å². The molecule has 2 rings (SSSR count). The number of likely N-dealkylation sites (tertiary alicyclic amines) is 1. The number of aliphatic imine (C=N–C) groups is 1. The molecule has 1 amide bonds. The van der Waals surface area contributed by atoms with Crippen LogP contribution < -0.4 is 16.0 Å². The zero-order valence-electron chi connectivity index (χ0n) is 17.8. The Morgan fingerprint density at radius 3 is 2.54 bits per heavy atom. The first-order chi connectivity index (χ1) is 13.4. The summed E-state index contributed by atoms with van der Waals surface area (Å²) in [7, 11) is 0. The fourth-order valence-electron chi connectivity index (χ4n) is 3.22. The van der Waals surface area contributed by atoms with E-state index in [1.807, 2.05) is 39.1 Å². The second-order valence-electron chi connectivity index (χ2n) is 7.95. The first-order valence-corrected chi connectivity index (χ1v) is 10.4. The van der Waals surface area contributed by atoms with Crippen molar-refractivity contribution in [3.63, 3.8) is 0 Å². The molecule has 7 heteroatoms. The lowest BCUT2D eigenvalue weighted by Gasteiger charge is -2.33. The summed E-state index contributed by atoms with van der Waals surface area (Å²) in [5, 5.41) is 9.75. The first kappa shape index (κ1) is 22.1. The lowest BCUT2D eigenvalue weighted by Crippen LogP contribution is -2.49. The van der Waals surface area contributed by atoms with Gasteiger partial charge < -0.3 is 16.0 Å². The SMILES string of the molecule is CCNC(=O)C(C)(C)CN=C(NCC)NC1CCN(Cc2ccccn2)CC1. The van der Waals surface area contributed by atoms with Crippen molar-refractivity contribution in [2.45, 2.75) is 53.1 Å². The van der Waals surface area contributed by atoms with Gasteiger partial charge in [-0.3, -0.25) is 19.7 Å². The van der Waals surface area contributed by atoms with Gasteiger partial charge in [0.2, 0.25) is 5.91 Å². The fraction of sp³-hybridized carbons (Fsp3) is 0.667. The standard InChI is InChI=1S/C21H36N6O/c1-5-22-19(28)21(3,4)16-25-20(23-6-2)26-17-10-13-27(14-11-17)15-18-9-7-8-12-24-18/h7-9,12,17H,5-6,10-11,13-16H2,1-4H3,(H,22,28)(H2,23,25,26). The van der Waals surface area contributed by atoms with Crippen LogP contribution in [0.1, 0.15) is 46.2 Å². The molecule has 1 aliphatic rings. The summed E-state index contributed by atoms with van der Waals surface area (Å²) in [4.78, 5) is 23.7. The van der Waals surface area contributed by atoms with Crippen LogP contribution in [-0.4, -0.2) is 60.5 Å². The third-order valence-electron chi connectivity index (χ3n) is 4.97. The molecule has 0 aliphatic carbocycles. The highest BCUT2D eigenvalue weighted by molar-refractivity contribution is 5.83. The van der Waals surface area contributed by atoms with Gasteiger partial charge >= 0.3 is 0 Å². The first-order valence-electron chi connectivity index (χ1n) is 10.4. The lowest BCUT2D eigenvalue weighted by molar-refractivity contribution is -0.128. The van der Waals surface area contributed by atoms with Crippen molar-refractivity contribution < 1.29 is 4.79 Å². The summed E-state index contributed by atoms with van der Waals surface area (Å²) in [6, 6.07) is 6.47. The summed E-state index contributed by atoms with van der Waals surface area (Å²) < 4.78 is 0. The molecule has 2 heterocycles. The predicted molar refractivity (Wildman–Crippen MR) is 114 cm³/mol. The number of nitrogens with zero attached hydrogens (tertiary/aromatic N) is 3. The molecule has 156 valence electrons. The minimum atomic E-state index is -0.523. The van der Waals surface area contributed by atoms with Gasteiger partial charge in [0, 0.05) is 45.0 Å². The number of hydrogen-bond donors (Lipinski definition) is 3. The summed E-state index contributed by atoms with van der Waals surface area (Å²) in [6.07, 6.45) is 3.99. The zero-order valence-corrected chi connectivity index (χ0v) is 17.8. The molecule has 0 bridgehead atoms. The molecule has 3 N–H and O–H groups in total. The Labute approximate surface area is 169 Å². The van der Waals surface area contributed by atoms with E-state index < -0.39 is 5.41 Å². The monoisotopic (exact) mass is 388 g/mol. The van der Waals surface area contributed by atoms with Gasteiger partial charge in [-0.1, -0.05) is 6.07 Å². The summed E-state index contributed by atoms with van der Waals surface area (Å²) in [5.74, 6) is 0.834. The Hall–Kier alpha value is -2.15. The molecule has 0 saturated carbocycles. The molecule has 0 spiro atoms. The van der Waals surface area contributed by atoms with Crippen LogP contribution in [0, 0.1) is 5.41 Å². The Morgan fingerprint density at radius 2 is 1.93 bits per heavy atom. The van der Waals surface area contributed by atoms with Crippen molar-refractivity contribution in [1.29, 1.82) is 0 Å². The van der Waals surface area contributed by atoms with Crippen LogP contribution in [0.4, 0.5) is 0 Å². The van der Waals surface area contributed by atoms with Crippen LogP contribution in [-0.2, 0) is 11.3 Å². The highest BCUT2D eigenvalue weighted by Gasteiger charge is 2.27. The molecule has 0 atom stereocenters. The van der Waals surface area contributed by atoms with Gasteiger partial charge in [-0.2, -0.15) is 0 Å². The number of guanidine groups is 1. The Bertz CT molecular complexity index is 623. The van der Waals surface area contributed by atoms with Crippen molar-refractivity contribution in [2.75, 3.05) is 32.7 Å². The topological polar surface area (TPSA) is 81.6 Å². The van der Waals surface area contributed by atoms with Crippen LogP contribution in [0.25, 0.3) is 0 Å². The molecule has 1 fully saturated rings. The zero-order chi connectivity index (χ0) is 20.4. The normalized spacial score (nSPS) is 16.6. The maximum atomic E-state index is 12.2. The number of aromatic nitrogens is 1. The smallest absolute Gasteiger partial charge is 0.227 e. The van der Waals surface area contributed by atoms with Crippen LogP contribution in [0.5, 0.6) is 0 Å². The minimum absolute atomic E-state index is 0.0393. The van der Waals surface area contributed by atoms with E-state index >= 15 is 0 Å². The Kier molecular flexibility index (Phi) is 8.70. The van der Waals surface area contributed by atoms with Gasteiger partial charge in [0.25, 0.3) is 0 Å². The van der Waals surface area contributed by atoms with E-state index in [9.17, 15) is 4.79 Å². The molecular weight excluding hydrogens is 352 g/mol. The fourth-order valence-corrected chi connectivity index (χ4v) is 3.22. The predicted octanol–water partition coefficient (Wildman–Crippen LogP) is 1.76. The number of nitrogens with one attached hydrogen (secondary N) is 3. The molecule has 1 saturated heterocycles. The summed E-state index contributed by atoms with van der Waals surface area (Å²) in [6.45, 7) is 12.7. The number of amides is 1. The largest absolute Gasteiger partial charge is 0.357 e. The van der Waals surface area contributed by atoms with E-state index in [4.69, 9.17) is 0 Å². The number of carbonyl (C=O) groups is 1. The van der Waals surface area contributed by atoms with E-state index in [-0.39, 0.29) is 5.91 Å². The van der Waals surface area contributed by atoms with Crippen molar-refractivity contribution in [2.24, 2.45) is 10.4 Å². The number of carbonyl (C=O) groups excluding carboxylic acids is 1. The number of pyridine rings is 1. The molecule has 1 aliphatic heterocycles. The van der Waals surface area contributed by atoms with Crippen molar-refractivity contribution in [1.82, 2.24) is 25.8 Å². The molecule has 7 nitrogen and oxygen atoms in total. The van der Waals surface area contributed by atoms with Crippen molar-refractivity contribution in [3.8, 4) is 0 Å². The molecule has 1 aromatic rings. The lowest BCUT2D eigenvalue weighted by atomic mass is 9.92. The Balaban J connectivity index is 1.84. The molecule has 1 aromatic heterocycles. The second-order valence-corrected chi connectivity index (χ2v) is 7.95. The molecule has 28 heavy (non-hydrogen) atoms. The molecule has 0 aromatic carbocycles.